The number of hydrogen-bond donors (Lipinski definition) is 1. The molecule has 78 valence electrons. The predicted octanol–water partition coefficient (Wildman–Crippen LogP) is 1.13. The van der Waals surface area contributed by atoms with Crippen LogP contribution in [-0.2, 0) is 6.42 Å². The number of pyridine rings is 1. The molecule has 0 saturated heterocycles. The van der Waals surface area contributed by atoms with E-state index in [1.807, 2.05) is 6.92 Å². The lowest BCUT2D eigenvalue weighted by atomic mass is 10.2. The number of halogens is 1. The van der Waals surface area contributed by atoms with E-state index in [1.54, 1.807) is 6.20 Å². The molecule has 2 N–H and O–H groups in total. The number of rotatable bonds is 2. The summed E-state index contributed by atoms with van der Waals surface area (Å²) in [6.45, 7) is 1.84. The average Bonchev–Trinajstić information content (AvgIpc) is 2.57. The van der Waals surface area contributed by atoms with Crippen LogP contribution >= 0.6 is 0 Å². The molecule has 0 atom stereocenters. The molecule has 1 amide bonds. The lowest BCUT2D eigenvalue weighted by Gasteiger charge is -1.98. The second-order valence-corrected chi connectivity index (χ2v) is 3.17. The summed E-state index contributed by atoms with van der Waals surface area (Å²) in [7, 11) is 0. The fourth-order valence-corrected chi connectivity index (χ4v) is 1.59. The van der Waals surface area contributed by atoms with Gasteiger partial charge < -0.3 is 5.73 Å². The van der Waals surface area contributed by atoms with Crippen LogP contribution in [0.5, 0.6) is 0 Å². The quantitative estimate of drug-likeness (QED) is 0.802. The van der Waals surface area contributed by atoms with Crippen LogP contribution in [0.4, 0.5) is 4.39 Å². The molecule has 0 aliphatic carbocycles. The number of nitrogens with zero attached hydrogens (tertiary/aromatic N) is 2. The average molecular weight is 207 g/mol. The van der Waals surface area contributed by atoms with Crippen molar-refractivity contribution in [1.82, 2.24) is 9.38 Å². The fourth-order valence-electron chi connectivity index (χ4n) is 1.59. The molecule has 0 unspecified atom stereocenters. The van der Waals surface area contributed by atoms with Crippen molar-refractivity contribution >= 4 is 11.6 Å². The highest BCUT2D eigenvalue weighted by Gasteiger charge is 2.16. The molecule has 2 aromatic heterocycles. The lowest BCUT2D eigenvalue weighted by Crippen LogP contribution is -2.15. The van der Waals surface area contributed by atoms with E-state index in [4.69, 9.17) is 5.73 Å². The van der Waals surface area contributed by atoms with E-state index in [0.717, 1.165) is 0 Å². The maximum Gasteiger partial charge on any atom is 0.267 e. The summed E-state index contributed by atoms with van der Waals surface area (Å²) < 4.78 is 14.7. The van der Waals surface area contributed by atoms with Crippen LogP contribution in [0.25, 0.3) is 5.65 Å². The van der Waals surface area contributed by atoms with Gasteiger partial charge >= 0.3 is 0 Å². The number of imidazole rings is 1. The molecule has 5 heteroatoms. The van der Waals surface area contributed by atoms with Crippen LogP contribution in [0, 0.1) is 5.82 Å². The Labute approximate surface area is 85.5 Å². The Balaban J connectivity index is 2.86. The third-order valence-electron chi connectivity index (χ3n) is 2.24. The van der Waals surface area contributed by atoms with Gasteiger partial charge in [0.05, 0.1) is 5.69 Å². The van der Waals surface area contributed by atoms with Gasteiger partial charge in [-0.1, -0.05) is 6.92 Å². The normalized spacial score (nSPS) is 10.8. The Morgan fingerprint density at radius 2 is 2.40 bits per heavy atom. The van der Waals surface area contributed by atoms with Crippen molar-refractivity contribution in [3.63, 3.8) is 0 Å². The summed E-state index contributed by atoms with van der Waals surface area (Å²) in [6.07, 6.45) is 2.12. The summed E-state index contributed by atoms with van der Waals surface area (Å²) in [4.78, 5) is 15.2. The summed E-state index contributed by atoms with van der Waals surface area (Å²) in [5, 5.41) is 0. The minimum atomic E-state index is -0.593. The number of carbonyl (C=O) groups is 1. The second kappa shape index (κ2) is 3.34. The molecule has 4 nitrogen and oxygen atoms in total. The van der Waals surface area contributed by atoms with E-state index in [0.29, 0.717) is 12.1 Å². The first-order valence-electron chi connectivity index (χ1n) is 4.60. The highest BCUT2D eigenvalue weighted by Crippen LogP contribution is 2.15. The summed E-state index contributed by atoms with van der Waals surface area (Å²) in [5.41, 5.74) is 6.15. The molecule has 0 radical (unpaired) electrons. The largest absolute Gasteiger partial charge is 0.364 e. The number of carbonyl (C=O) groups excluding carboxylic acids is 1. The standard InChI is InChI=1S/C10H10FN3O/c1-2-7-8(9(12)15)14-5-3-4-6(11)10(14)13-7/h3-5H,2H2,1H3,(H2,12,15). The van der Waals surface area contributed by atoms with Crippen molar-refractivity contribution in [3.05, 3.63) is 35.5 Å². The van der Waals surface area contributed by atoms with E-state index in [9.17, 15) is 9.18 Å². The molecule has 0 fully saturated rings. The second-order valence-electron chi connectivity index (χ2n) is 3.17. The zero-order valence-electron chi connectivity index (χ0n) is 8.20. The summed E-state index contributed by atoms with van der Waals surface area (Å²) >= 11 is 0. The van der Waals surface area contributed by atoms with Crippen LogP contribution in [0.1, 0.15) is 23.1 Å². The predicted molar refractivity (Wildman–Crippen MR) is 53.0 cm³/mol. The minimum absolute atomic E-state index is 0.142. The van der Waals surface area contributed by atoms with Gasteiger partial charge in [0.15, 0.2) is 11.5 Å². The first-order valence-corrected chi connectivity index (χ1v) is 4.60. The van der Waals surface area contributed by atoms with Gasteiger partial charge in [-0.25, -0.2) is 9.37 Å². The molecular formula is C10H10FN3O. The van der Waals surface area contributed by atoms with Gasteiger partial charge in [-0.2, -0.15) is 0 Å². The number of fused-ring (bicyclic) bond motifs is 1. The minimum Gasteiger partial charge on any atom is -0.364 e. The number of aryl methyl sites for hydroxylation is 1. The molecule has 0 bridgehead atoms. The molecule has 0 aromatic carbocycles. The highest BCUT2D eigenvalue weighted by atomic mass is 19.1. The van der Waals surface area contributed by atoms with Crippen molar-refractivity contribution in [1.29, 1.82) is 0 Å². The van der Waals surface area contributed by atoms with Gasteiger partial charge in [-0.15, -0.1) is 0 Å². The third-order valence-corrected chi connectivity index (χ3v) is 2.24. The van der Waals surface area contributed by atoms with Gasteiger partial charge in [0.25, 0.3) is 5.91 Å². The maximum atomic E-state index is 13.3. The Morgan fingerprint density at radius 3 is 3.00 bits per heavy atom. The van der Waals surface area contributed by atoms with Crippen LogP contribution in [0.2, 0.25) is 0 Å². The first-order chi connectivity index (χ1) is 7.15. The number of nitrogens with two attached hydrogens (primary N) is 1. The van der Waals surface area contributed by atoms with Gasteiger partial charge in [0.2, 0.25) is 0 Å². The first kappa shape index (κ1) is 9.64. The zero-order chi connectivity index (χ0) is 11.0. The summed E-state index contributed by atoms with van der Waals surface area (Å²) in [5.74, 6) is -1.05. The fraction of sp³-hybridized carbons (Fsp3) is 0.200. The van der Waals surface area contributed by atoms with Crippen molar-refractivity contribution in [3.8, 4) is 0 Å². The van der Waals surface area contributed by atoms with Crippen LogP contribution in [-0.4, -0.2) is 15.3 Å². The highest BCUT2D eigenvalue weighted by molar-refractivity contribution is 5.93. The van der Waals surface area contributed by atoms with Crippen molar-refractivity contribution in [2.75, 3.05) is 0 Å². The van der Waals surface area contributed by atoms with Crippen LogP contribution < -0.4 is 5.73 Å². The Kier molecular flexibility index (Phi) is 2.15. The molecule has 0 saturated carbocycles. The Bertz CT molecular complexity index is 533. The SMILES string of the molecule is CCc1nc2c(F)cccn2c1C(N)=O. The Hall–Kier alpha value is -1.91. The molecule has 2 rings (SSSR count). The molecule has 15 heavy (non-hydrogen) atoms. The number of aromatic nitrogens is 2. The molecule has 0 aliphatic heterocycles. The van der Waals surface area contributed by atoms with Gasteiger partial charge in [0.1, 0.15) is 5.69 Å². The van der Waals surface area contributed by atoms with Crippen molar-refractivity contribution in [2.24, 2.45) is 5.73 Å². The molecule has 0 aliphatic rings. The third kappa shape index (κ3) is 1.36. The molecule has 2 heterocycles. The van der Waals surface area contributed by atoms with Crippen molar-refractivity contribution in [2.45, 2.75) is 13.3 Å². The van der Waals surface area contributed by atoms with Gasteiger partial charge in [0, 0.05) is 6.20 Å². The van der Waals surface area contributed by atoms with E-state index < -0.39 is 11.7 Å². The van der Waals surface area contributed by atoms with E-state index in [-0.39, 0.29) is 11.3 Å². The number of amides is 1. The van der Waals surface area contributed by atoms with Gasteiger partial charge in [-0.3, -0.25) is 9.20 Å². The molecule has 0 spiro atoms. The van der Waals surface area contributed by atoms with Gasteiger partial charge in [-0.05, 0) is 18.6 Å². The molecular weight excluding hydrogens is 197 g/mol. The topological polar surface area (TPSA) is 60.4 Å². The smallest absolute Gasteiger partial charge is 0.267 e. The lowest BCUT2D eigenvalue weighted by molar-refractivity contribution is 0.0994. The van der Waals surface area contributed by atoms with Crippen LogP contribution in [0.3, 0.4) is 0 Å². The van der Waals surface area contributed by atoms with Crippen LogP contribution in [0.15, 0.2) is 18.3 Å². The Morgan fingerprint density at radius 1 is 1.67 bits per heavy atom. The molecule has 2 aromatic rings. The van der Waals surface area contributed by atoms with E-state index >= 15 is 0 Å². The zero-order valence-corrected chi connectivity index (χ0v) is 8.20. The number of primary amides is 1. The van der Waals surface area contributed by atoms with E-state index in [1.165, 1.54) is 16.5 Å². The summed E-state index contributed by atoms with van der Waals surface area (Å²) in [6, 6.07) is 2.81. The monoisotopic (exact) mass is 207 g/mol. The van der Waals surface area contributed by atoms with E-state index in [2.05, 4.69) is 4.98 Å². The van der Waals surface area contributed by atoms with Crippen molar-refractivity contribution < 1.29 is 9.18 Å². The number of hydrogen-bond acceptors (Lipinski definition) is 2. The maximum absolute atomic E-state index is 13.3.